The first-order valence-corrected chi connectivity index (χ1v) is 10.1. The third kappa shape index (κ3) is 5.09. The Bertz CT molecular complexity index is 701. The van der Waals surface area contributed by atoms with Gasteiger partial charge in [-0.1, -0.05) is 6.92 Å². The van der Waals surface area contributed by atoms with Crippen molar-refractivity contribution in [3.8, 4) is 0 Å². The fourth-order valence-electron chi connectivity index (χ4n) is 4.25. The van der Waals surface area contributed by atoms with Gasteiger partial charge in [0.15, 0.2) is 0 Å². The summed E-state index contributed by atoms with van der Waals surface area (Å²) in [5.74, 6) is -1.71. The zero-order valence-electron chi connectivity index (χ0n) is 16.3. The lowest BCUT2D eigenvalue weighted by Crippen LogP contribution is -2.51. The molecule has 1 aromatic rings. The van der Waals surface area contributed by atoms with Gasteiger partial charge in [0.25, 0.3) is 0 Å². The number of likely N-dealkylation sites (tertiary alicyclic amines) is 1. The van der Waals surface area contributed by atoms with Crippen LogP contribution in [0.1, 0.15) is 44.6 Å². The summed E-state index contributed by atoms with van der Waals surface area (Å²) < 4.78 is 0. The van der Waals surface area contributed by atoms with Crippen molar-refractivity contribution in [3.63, 3.8) is 0 Å². The minimum absolute atomic E-state index is 0.0183. The van der Waals surface area contributed by atoms with Gasteiger partial charge in [0, 0.05) is 37.9 Å². The van der Waals surface area contributed by atoms with Gasteiger partial charge < -0.3 is 15.3 Å². The summed E-state index contributed by atoms with van der Waals surface area (Å²) in [4.78, 5) is 42.8. The Labute approximate surface area is 165 Å². The average Bonchev–Trinajstić information content (AvgIpc) is 2.72. The van der Waals surface area contributed by atoms with Crippen LogP contribution < -0.4 is 5.32 Å². The topological polar surface area (TPSA) is 99.6 Å². The number of carbonyl (C=O) groups excluding carboxylic acids is 2. The van der Waals surface area contributed by atoms with Crippen molar-refractivity contribution in [2.24, 2.45) is 23.7 Å². The molecule has 0 bridgehead atoms. The van der Waals surface area contributed by atoms with E-state index in [1.807, 2.05) is 12.1 Å². The van der Waals surface area contributed by atoms with Crippen LogP contribution in [-0.4, -0.2) is 45.9 Å². The van der Waals surface area contributed by atoms with Crippen molar-refractivity contribution in [1.29, 1.82) is 0 Å². The zero-order chi connectivity index (χ0) is 20.1. The summed E-state index contributed by atoms with van der Waals surface area (Å²) in [6, 6.07) is 3.64. The summed E-state index contributed by atoms with van der Waals surface area (Å²) in [7, 11) is 0. The summed E-state index contributed by atoms with van der Waals surface area (Å²) in [6.07, 6.45) is 7.36. The summed E-state index contributed by atoms with van der Waals surface area (Å²) >= 11 is 0. The zero-order valence-corrected chi connectivity index (χ0v) is 16.3. The number of amides is 2. The van der Waals surface area contributed by atoms with Crippen LogP contribution in [0, 0.1) is 23.7 Å². The van der Waals surface area contributed by atoms with Crippen LogP contribution in [0.5, 0.6) is 0 Å². The normalized spacial score (nSPS) is 27.8. The standard InChI is InChI=1S/C21H29N3O4/c1-14-2-4-16(5-3-14)20(26)24-12-17(10-18(13-24)21(27)28)19(25)23-11-15-6-8-22-9-7-15/h6-9,14,16-18H,2-5,10-13H2,1H3,(H,23,25)(H,27,28)/t14?,16?,17-,18-/m0/s1. The van der Waals surface area contributed by atoms with Crippen LogP contribution in [0.15, 0.2) is 24.5 Å². The van der Waals surface area contributed by atoms with Gasteiger partial charge in [-0.05, 0) is 55.7 Å². The van der Waals surface area contributed by atoms with E-state index >= 15 is 0 Å². The molecule has 152 valence electrons. The number of aliphatic carboxylic acids is 1. The van der Waals surface area contributed by atoms with Crippen molar-refractivity contribution in [2.45, 2.75) is 45.6 Å². The molecule has 1 aromatic heterocycles. The minimum atomic E-state index is -0.943. The molecule has 2 atom stereocenters. The molecule has 0 spiro atoms. The number of nitrogens with one attached hydrogen (secondary N) is 1. The molecule has 28 heavy (non-hydrogen) atoms. The third-order valence-electron chi connectivity index (χ3n) is 6.06. The predicted octanol–water partition coefficient (Wildman–Crippen LogP) is 2.07. The van der Waals surface area contributed by atoms with Crippen molar-refractivity contribution >= 4 is 17.8 Å². The minimum Gasteiger partial charge on any atom is -0.481 e. The quantitative estimate of drug-likeness (QED) is 0.806. The summed E-state index contributed by atoms with van der Waals surface area (Å²) in [5, 5.41) is 12.4. The number of piperidine rings is 1. The van der Waals surface area contributed by atoms with E-state index in [2.05, 4.69) is 17.2 Å². The lowest BCUT2D eigenvalue weighted by Gasteiger charge is -2.38. The Morgan fingerprint density at radius 1 is 1.07 bits per heavy atom. The van der Waals surface area contributed by atoms with E-state index in [1.54, 1.807) is 17.3 Å². The number of pyridine rings is 1. The van der Waals surface area contributed by atoms with Gasteiger partial charge in [0.2, 0.25) is 11.8 Å². The van der Waals surface area contributed by atoms with Crippen LogP contribution >= 0.6 is 0 Å². The highest BCUT2D eigenvalue weighted by molar-refractivity contribution is 5.84. The Balaban J connectivity index is 1.63. The molecule has 2 amide bonds. The number of nitrogens with zero attached hydrogens (tertiary/aromatic N) is 2. The van der Waals surface area contributed by atoms with E-state index in [-0.39, 0.29) is 30.7 Å². The lowest BCUT2D eigenvalue weighted by molar-refractivity contribution is -0.150. The number of rotatable bonds is 5. The number of carboxylic acids is 1. The molecular formula is C21H29N3O4. The van der Waals surface area contributed by atoms with Gasteiger partial charge in [-0.2, -0.15) is 0 Å². The van der Waals surface area contributed by atoms with E-state index in [4.69, 9.17) is 0 Å². The number of carboxylic acid groups (broad SMARTS) is 1. The molecule has 2 heterocycles. The van der Waals surface area contributed by atoms with Gasteiger partial charge >= 0.3 is 5.97 Å². The van der Waals surface area contributed by atoms with Gasteiger partial charge in [-0.15, -0.1) is 0 Å². The molecule has 7 nitrogen and oxygen atoms in total. The molecule has 3 rings (SSSR count). The molecule has 7 heteroatoms. The van der Waals surface area contributed by atoms with Gasteiger partial charge in [-0.25, -0.2) is 0 Å². The molecule has 1 aliphatic heterocycles. The molecule has 0 radical (unpaired) electrons. The first kappa shape index (κ1) is 20.3. The maximum Gasteiger partial charge on any atom is 0.308 e. The Kier molecular flexibility index (Phi) is 6.65. The molecular weight excluding hydrogens is 358 g/mol. The Morgan fingerprint density at radius 3 is 2.36 bits per heavy atom. The van der Waals surface area contributed by atoms with Crippen LogP contribution in [0.2, 0.25) is 0 Å². The number of aromatic nitrogens is 1. The molecule has 2 N–H and O–H groups in total. The highest BCUT2D eigenvalue weighted by Gasteiger charge is 2.39. The van der Waals surface area contributed by atoms with E-state index in [9.17, 15) is 19.5 Å². The van der Waals surface area contributed by atoms with Crippen LogP contribution in [-0.2, 0) is 20.9 Å². The molecule has 1 aliphatic carbocycles. The molecule has 2 aliphatic rings. The molecule has 0 aromatic carbocycles. The lowest BCUT2D eigenvalue weighted by atomic mass is 9.81. The largest absolute Gasteiger partial charge is 0.481 e. The number of hydrogen-bond donors (Lipinski definition) is 2. The fraction of sp³-hybridized carbons (Fsp3) is 0.619. The monoisotopic (exact) mass is 387 g/mol. The molecule has 1 saturated heterocycles. The van der Waals surface area contributed by atoms with Crippen LogP contribution in [0.25, 0.3) is 0 Å². The van der Waals surface area contributed by atoms with E-state index in [0.29, 0.717) is 19.0 Å². The first-order chi connectivity index (χ1) is 13.4. The van der Waals surface area contributed by atoms with Crippen molar-refractivity contribution in [1.82, 2.24) is 15.2 Å². The second kappa shape index (κ2) is 9.17. The Hall–Kier alpha value is -2.44. The maximum atomic E-state index is 13.0. The second-order valence-corrected chi connectivity index (χ2v) is 8.24. The smallest absolute Gasteiger partial charge is 0.308 e. The van der Waals surface area contributed by atoms with E-state index < -0.39 is 17.8 Å². The van der Waals surface area contributed by atoms with Crippen molar-refractivity contribution in [2.75, 3.05) is 13.1 Å². The molecule has 1 saturated carbocycles. The summed E-state index contributed by atoms with van der Waals surface area (Å²) in [6.45, 7) is 3.07. The second-order valence-electron chi connectivity index (χ2n) is 8.24. The van der Waals surface area contributed by atoms with Crippen LogP contribution in [0.3, 0.4) is 0 Å². The average molecular weight is 387 g/mol. The first-order valence-electron chi connectivity index (χ1n) is 10.1. The highest BCUT2D eigenvalue weighted by atomic mass is 16.4. The van der Waals surface area contributed by atoms with E-state index in [1.165, 1.54) is 0 Å². The number of hydrogen-bond acceptors (Lipinski definition) is 4. The van der Waals surface area contributed by atoms with E-state index in [0.717, 1.165) is 31.2 Å². The van der Waals surface area contributed by atoms with Crippen molar-refractivity contribution in [3.05, 3.63) is 30.1 Å². The Morgan fingerprint density at radius 2 is 1.71 bits per heavy atom. The number of carbonyl (C=O) groups is 3. The SMILES string of the molecule is CC1CCC(C(=O)N2C[C@@H](C(=O)O)C[C@H](C(=O)NCc3ccncc3)C2)CC1. The third-order valence-corrected chi connectivity index (χ3v) is 6.06. The van der Waals surface area contributed by atoms with Gasteiger partial charge in [0.1, 0.15) is 0 Å². The summed E-state index contributed by atoms with van der Waals surface area (Å²) in [5.41, 5.74) is 0.929. The molecule has 2 fully saturated rings. The van der Waals surface area contributed by atoms with Gasteiger partial charge in [-0.3, -0.25) is 19.4 Å². The molecule has 0 unspecified atom stereocenters. The fourth-order valence-corrected chi connectivity index (χ4v) is 4.25. The maximum absolute atomic E-state index is 13.0. The van der Waals surface area contributed by atoms with Crippen LogP contribution in [0.4, 0.5) is 0 Å². The highest BCUT2D eigenvalue weighted by Crippen LogP contribution is 2.32. The van der Waals surface area contributed by atoms with Crippen molar-refractivity contribution < 1.29 is 19.5 Å². The predicted molar refractivity (Wildman–Crippen MR) is 103 cm³/mol. The van der Waals surface area contributed by atoms with Gasteiger partial charge in [0.05, 0.1) is 11.8 Å².